The first-order chi connectivity index (χ1) is 9.05. The van der Waals surface area contributed by atoms with Gasteiger partial charge >= 0.3 is 0 Å². The molecule has 1 heterocycles. The molecule has 1 aromatic rings. The van der Waals surface area contributed by atoms with Crippen molar-refractivity contribution in [3.63, 3.8) is 0 Å². The molecule has 6 heteroatoms. The second kappa shape index (κ2) is 5.90. The van der Waals surface area contributed by atoms with E-state index in [9.17, 15) is 8.42 Å². The van der Waals surface area contributed by atoms with E-state index < -0.39 is 10.0 Å². The summed E-state index contributed by atoms with van der Waals surface area (Å²) < 4.78 is 31.8. The number of sulfonamides is 1. The lowest BCUT2D eigenvalue weighted by atomic mass is 10.3. The normalized spacial score (nSPS) is 21.9. The van der Waals surface area contributed by atoms with Crippen LogP contribution in [0.2, 0.25) is 0 Å². The smallest absolute Gasteiger partial charge is 0.243 e. The van der Waals surface area contributed by atoms with Crippen molar-refractivity contribution in [1.29, 1.82) is 0 Å². The maximum Gasteiger partial charge on any atom is 0.243 e. The van der Waals surface area contributed by atoms with Crippen LogP contribution in [-0.2, 0) is 10.0 Å². The predicted octanol–water partition coefficient (Wildman–Crippen LogP) is 1.07. The van der Waals surface area contributed by atoms with Gasteiger partial charge in [-0.05, 0) is 44.2 Å². The number of methoxy groups -OCH3 is 1. The number of nitrogens with zero attached hydrogens (tertiary/aromatic N) is 1. The summed E-state index contributed by atoms with van der Waals surface area (Å²) in [5.74, 6) is 0.657. The molecule has 0 saturated carbocycles. The van der Waals surface area contributed by atoms with Crippen LogP contribution in [0.5, 0.6) is 5.75 Å². The SMILES string of the molecule is COc1ccc(S(=O)(=O)N2CCCNCC2C)cc1. The summed E-state index contributed by atoms with van der Waals surface area (Å²) in [4.78, 5) is 0.321. The highest BCUT2D eigenvalue weighted by Gasteiger charge is 2.29. The van der Waals surface area contributed by atoms with Crippen molar-refractivity contribution < 1.29 is 13.2 Å². The fourth-order valence-electron chi connectivity index (χ4n) is 2.23. The van der Waals surface area contributed by atoms with E-state index in [-0.39, 0.29) is 6.04 Å². The largest absolute Gasteiger partial charge is 0.497 e. The number of benzene rings is 1. The Bertz CT molecular complexity index is 513. The van der Waals surface area contributed by atoms with Crippen LogP contribution in [0.15, 0.2) is 29.2 Å². The van der Waals surface area contributed by atoms with E-state index >= 15 is 0 Å². The van der Waals surface area contributed by atoms with E-state index in [0.717, 1.165) is 13.0 Å². The number of nitrogens with one attached hydrogen (secondary N) is 1. The van der Waals surface area contributed by atoms with Crippen LogP contribution >= 0.6 is 0 Å². The Hall–Kier alpha value is -1.11. The standard InChI is InChI=1S/C13H20N2O3S/c1-11-10-14-8-3-9-15(11)19(16,17)13-6-4-12(18-2)5-7-13/h4-7,11,14H,3,8-10H2,1-2H3. The van der Waals surface area contributed by atoms with Crippen LogP contribution in [0, 0.1) is 0 Å². The third-order valence-electron chi connectivity index (χ3n) is 3.33. The molecule has 1 unspecified atom stereocenters. The molecule has 5 nitrogen and oxygen atoms in total. The van der Waals surface area contributed by atoms with Crippen molar-refractivity contribution in [1.82, 2.24) is 9.62 Å². The third kappa shape index (κ3) is 3.08. The van der Waals surface area contributed by atoms with Crippen molar-refractivity contribution in [3.8, 4) is 5.75 Å². The molecule has 0 spiro atoms. The van der Waals surface area contributed by atoms with Gasteiger partial charge in [0, 0.05) is 19.1 Å². The molecule has 0 aromatic heterocycles. The molecule has 106 valence electrons. The van der Waals surface area contributed by atoms with Gasteiger partial charge < -0.3 is 10.1 Å². The molecule has 19 heavy (non-hydrogen) atoms. The van der Waals surface area contributed by atoms with Gasteiger partial charge in [-0.15, -0.1) is 0 Å². The third-order valence-corrected chi connectivity index (χ3v) is 5.36. The summed E-state index contributed by atoms with van der Waals surface area (Å²) in [6, 6.07) is 6.51. The Morgan fingerprint density at radius 3 is 2.63 bits per heavy atom. The molecule has 1 aliphatic heterocycles. The van der Waals surface area contributed by atoms with Gasteiger partial charge in [-0.25, -0.2) is 8.42 Å². The van der Waals surface area contributed by atoms with Gasteiger partial charge in [-0.3, -0.25) is 0 Å². The molecule has 0 bridgehead atoms. The number of hydrogen-bond donors (Lipinski definition) is 1. The van der Waals surface area contributed by atoms with Gasteiger partial charge in [0.2, 0.25) is 10.0 Å². The first-order valence-corrected chi connectivity index (χ1v) is 7.86. The Morgan fingerprint density at radius 1 is 1.32 bits per heavy atom. The second-order valence-corrected chi connectivity index (χ2v) is 6.59. The first-order valence-electron chi connectivity index (χ1n) is 6.42. The van der Waals surface area contributed by atoms with Crippen LogP contribution in [0.25, 0.3) is 0 Å². The molecule has 0 amide bonds. The summed E-state index contributed by atoms with van der Waals surface area (Å²) in [7, 11) is -1.86. The first kappa shape index (κ1) is 14.3. The molecule has 0 radical (unpaired) electrons. The lowest BCUT2D eigenvalue weighted by Gasteiger charge is -2.26. The highest BCUT2D eigenvalue weighted by Crippen LogP contribution is 2.22. The number of ether oxygens (including phenoxy) is 1. The van der Waals surface area contributed by atoms with Gasteiger partial charge in [0.05, 0.1) is 12.0 Å². The van der Waals surface area contributed by atoms with E-state index in [4.69, 9.17) is 4.74 Å². The maximum absolute atomic E-state index is 12.6. The van der Waals surface area contributed by atoms with Crippen molar-refractivity contribution in [2.24, 2.45) is 0 Å². The monoisotopic (exact) mass is 284 g/mol. The van der Waals surface area contributed by atoms with Crippen LogP contribution in [0.4, 0.5) is 0 Å². The van der Waals surface area contributed by atoms with Crippen molar-refractivity contribution in [3.05, 3.63) is 24.3 Å². The predicted molar refractivity (Wildman–Crippen MR) is 73.8 cm³/mol. The highest BCUT2D eigenvalue weighted by molar-refractivity contribution is 7.89. The van der Waals surface area contributed by atoms with Gasteiger partial charge in [-0.2, -0.15) is 4.31 Å². The lowest BCUT2D eigenvalue weighted by Crippen LogP contribution is -2.41. The summed E-state index contributed by atoms with van der Waals surface area (Å²) in [5.41, 5.74) is 0. The Kier molecular flexibility index (Phi) is 4.44. The van der Waals surface area contributed by atoms with Crippen LogP contribution < -0.4 is 10.1 Å². The second-order valence-electron chi connectivity index (χ2n) is 4.70. The minimum atomic E-state index is -3.42. The quantitative estimate of drug-likeness (QED) is 0.902. The molecule has 1 atom stereocenters. The molecule has 1 fully saturated rings. The van der Waals surface area contributed by atoms with E-state index in [1.807, 2.05) is 6.92 Å². The minimum Gasteiger partial charge on any atom is -0.497 e. The van der Waals surface area contributed by atoms with Crippen molar-refractivity contribution in [2.75, 3.05) is 26.7 Å². The van der Waals surface area contributed by atoms with Crippen LogP contribution in [0.1, 0.15) is 13.3 Å². The molecule has 1 aliphatic rings. The summed E-state index contributed by atoms with van der Waals surface area (Å²) in [5, 5.41) is 3.24. The maximum atomic E-state index is 12.6. The molecule has 1 aromatic carbocycles. The van der Waals surface area contributed by atoms with Crippen molar-refractivity contribution >= 4 is 10.0 Å². The Balaban J connectivity index is 2.29. The highest BCUT2D eigenvalue weighted by atomic mass is 32.2. The van der Waals surface area contributed by atoms with E-state index in [2.05, 4.69) is 5.32 Å². The van der Waals surface area contributed by atoms with Crippen LogP contribution in [0.3, 0.4) is 0 Å². The van der Waals surface area contributed by atoms with E-state index in [0.29, 0.717) is 23.7 Å². The molecular formula is C13H20N2O3S. The van der Waals surface area contributed by atoms with Crippen molar-refractivity contribution in [2.45, 2.75) is 24.3 Å². The Labute approximate surface area is 114 Å². The average Bonchev–Trinajstić information content (AvgIpc) is 2.64. The van der Waals surface area contributed by atoms with Gasteiger partial charge in [0.1, 0.15) is 5.75 Å². The molecule has 0 aliphatic carbocycles. The molecule has 1 N–H and O–H groups in total. The molecular weight excluding hydrogens is 264 g/mol. The van der Waals surface area contributed by atoms with E-state index in [1.54, 1.807) is 35.7 Å². The number of rotatable bonds is 3. The molecule has 1 saturated heterocycles. The average molecular weight is 284 g/mol. The Morgan fingerprint density at radius 2 is 2.00 bits per heavy atom. The topological polar surface area (TPSA) is 58.6 Å². The summed E-state index contributed by atoms with van der Waals surface area (Å²) in [6.45, 7) is 4.04. The van der Waals surface area contributed by atoms with Gasteiger partial charge in [-0.1, -0.05) is 0 Å². The zero-order chi connectivity index (χ0) is 13.9. The minimum absolute atomic E-state index is 0.0328. The zero-order valence-corrected chi connectivity index (χ0v) is 12.1. The fourth-order valence-corrected chi connectivity index (χ4v) is 3.90. The zero-order valence-electron chi connectivity index (χ0n) is 11.3. The lowest BCUT2D eigenvalue weighted by molar-refractivity contribution is 0.353. The van der Waals surface area contributed by atoms with E-state index in [1.165, 1.54) is 0 Å². The van der Waals surface area contributed by atoms with Gasteiger partial charge in [0.25, 0.3) is 0 Å². The fraction of sp³-hybridized carbons (Fsp3) is 0.538. The molecule has 2 rings (SSSR count). The van der Waals surface area contributed by atoms with Crippen LogP contribution in [-0.4, -0.2) is 45.5 Å². The van der Waals surface area contributed by atoms with Gasteiger partial charge in [0.15, 0.2) is 0 Å². The number of hydrogen-bond acceptors (Lipinski definition) is 4. The summed E-state index contributed by atoms with van der Waals surface area (Å²) in [6.07, 6.45) is 0.833. The summed E-state index contributed by atoms with van der Waals surface area (Å²) >= 11 is 0.